The van der Waals surface area contributed by atoms with E-state index in [9.17, 15) is 9.59 Å². The van der Waals surface area contributed by atoms with Crippen molar-refractivity contribution in [3.63, 3.8) is 0 Å². The Bertz CT molecular complexity index is 1710. The van der Waals surface area contributed by atoms with E-state index in [1.54, 1.807) is 0 Å². The first-order chi connectivity index (χ1) is 19.5. The van der Waals surface area contributed by atoms with Gasteiger partial charge < -0.3 is 19.9 Å². The van der Waals surface area contributed by atoms with Crippen molar-refractivity contribution in [2.45, 2.75) is 25.7 Å². The summed E-state index contributed by atoms with van der Waals surface area (Å²) in [5.41, 5.74) is 6.23. The number of hydrogen-bond donors (Lipinski definition) is 3. The Kier molecular flexibility index (Phi) is 6.89. The summed E-state index contributed by atoms with van der Waals surface area (Å²) < 4.78 is 11.6. The van der Waals surface area contributed by atoms with Crippen LogP contribution in [0.3, 0.4) is 0 Å². The van der Waals surface area contributed by atoms with Crippen molar-refractivity contribution < 1.29 is 14.1 Å². The van der Waals surface area contributed by atoms with Gasteiger partial charge in [-0.1, -0.05) is 66.2 Å². The zero-order valence-electron chi connectivity index (χ0n) is 21.9. The van der Waals surface area contributed by atoms with Crippen molar-refractivity contribution in [2.75, 3.05) is 17.2 Å². The molecule has 1 unspecified atom stereocenters. The molecular formula is C32H28N4O4. The van der Waals surface area contributed by atoms with Crippen LogP contribution in [0.5, 0.6) is 5.75 Å². The van der Waals surface area contributed by atoms with Gasteiger partial charge in [-0.15, -0.1) is 0 Å². The van der Waals surface area contributed by atoms with Gasteiger partial charge in [0.2, 0.25) is 0 Å². The molecular weight excluding hydrogens is 504 g/mol. The third-order valence-electron chi connectivity index (χ3n) is 7.04. The van der Waals surface area contributed by atoms with Gasteiger partial charge in [0.05, 0.1) is 12.3 Å². The monoisotopic (exact) mass is 532 g/mol. The van der Waals surface area contributed by atoms with E-state index in [1.165, 1.54) is 5.56 Å². The van der Waals surface area contributed by atoms with Crippen LogP contribution in [0.1, 0.15) is 35.4 Å². The number of aromatic amines is 1. The van der Waals surface area contributed by atoms with Crippen LogP contribution < -0.4 is 21.1 Å². The Labute approximate surface area is 231 Å². The molecule has 1 aliphatic heterocycles. The van der Waals surface area contributed by atoms with Gasteiger partial charge in [-0.05, 0) is 66.8 Å². The quantitative estimate of drug-likeness (QED) is 0.227. The minimum Gasteiger partial charge on any atom is -0.491 e. The van der Waals surface area contributed by atoms with Crippen LogP contribution in [0.4, 0.5) is 16.2 Å². The molecule has 1 atom stereocenters. The van der Waals surface area contributed by atoms with E-state index < -0.39 is 5.69 Å². The fraction of sp³-hybridized carbons (Fsp3) is 0.156. The summed E-state index contributed by atoms with van der Waals surface area (Å²) in [6.45, 7) is 2.54. The van der Waals surface area contributed by atoms with Crippen molar-refractivity contribution in [1.29, 1.82) is 0 Å². The van der Waals surface area contributed by atoms with Crippen LogP contribution in [-0.4, -0.2) is 22.8 Å². The highest BCUT2D eigenvalue weighted by Gasteiger charge is 2.26. The number of anilines is 2. The average molecular weight is 533 g/mol. The van der Waals surface area contributed by atoms with Crippen LogP contribution in [0, 0.1) is 6.92 Å². The zero-order valence-corrected chi connectivity index (χ0v) is 21.9. The molecule has 40 heavy (non-hydrogen) atoms. The van der Waals surface area contributed by atoms with Gasteiger partial charge in [-0.3, -0.25) is 0 Å². The highest BCUT2D eigenvalue weighted by atomic mass is 16.5. The first kappa shape index (κ1) is 25.2. The molecule has 8 heteroatoms. The lowest BCUT2D eigenvalue weighted by molar-refractivity contribution is 0.262. The number of nitrogens with one attached hydrogen (secondary N) is 3. The molecule has 0 saturated heterocycles. The molecule has 0 aliphatic carbocycles. The van der Waals surface area contributed by atoms with Gasteiger partial charge in [0, 0.05) is 22.7 Å². The van der Waals surface area contributed by atoms with Crippen molar-refractivity contribution in [3.05, 3.63) is 118 Å². The largest absolute Gasteiger partial charge is 0.491 e. The number of aromatic nitrogens is 2. The molecule has 0 saturated carbocycles. The van der Waals surface area contributed by atoms with E-state index in [0.29, 0.717) is 29.3 Å². The van der Waals surface area contributed by atoms with E-state index in [1.807, 2.05) is 79.7 Å². The van der Waals surface area contributed by atoms with E-state index in [4.69, 9.17) is 9.26 Å². The highest BCUT2D eigenvalue weighted by molar-refractivity contribution is 6.01. The average Bonchev–Trinajstić information content (AvgIpc) is 3.29. The minimum absolute atomic E-state index is 0.0647. The first-order valence-electron chi connectivity index (χ1n) is 13.2. The number of carbonyl (C=O) groups excluding carboxylic acids is 1. The Morgan fingerprint density at radius 1 is 0.925 bits per heavy atom. The second-order valence-corrected chi connectivity index (χ2v) is 9.81. The number of fused-ring (bicyclic) bond motifs is 1. The summed E-state index contributed by atoms with van der Waals surface area (Å²) in [4.78, 5) is 28.9. The summed E-state index contributed by atoms with van der Waals surface area (Å²) in [6.07, 6.45) is 1.76. The second kappa shape index (κ2) is 10.9. The third kappa shape index (κ3) is 5.24. The van der Waals surface area contributed by atoms with Gasteiger partial charge in [0.15, 0.2) is 0 Å². The van der Waals surface area contributed by atoms with Crippen LogP contribution in [0.15, 0.2) is 100 Å². The number of urea groups is 1. The predicted molar refractivity (Wildman–Crippen MR) is 155 cm³/mol. The molecule has 1 aliphatic rings. The third-order valence-corrected chi connectivity index (χ3v) is 7.04. The van der Waals surface area contributed by atoms with Crippen molar-refractivity contribution >= 4 is 17.4 Å². The number of rotatable bonds is 5. The Hall–Kier alpha value is -5.11. The molecule has 2 heterocycles. The summed E-state index contributed by atoms with van der Waals surface area (Å²) in [5, 5.41) is 8.22. The molecule has 0 fully saturated rings. The number of nitrogens with zero attached hydrogens (tertiary/aromatic N) is 1. The number of benzene rings is 4. The predicted octanol–water partition coefficient (Wildman–Crippen LogP) is 6.95. The summed E-state index contributed by atoms with van der Waals surface area (Å²) >= 11 is 0. The maximum absolute atomic E-state index is 13.2. The van der Waals surface area contributed by atoms with E-state index >= 15 is 0 Å². The van der Waals surface area contributed by atoms with Crippen LogP contribution in [0.25, 0.3) is 22.6 Å². The van der Waals surface area contributed by atoms with Gasteiger partial charge >= 0.3 is 11.7 Å². The standard InChI is InChI=1S/C32H28N4O4/c1-20-13-15-23(16-14-20)33-31(37)34-28-19-22(25-10-5-6-11-26(25)30-35-32(38)36-40-30)18-27-24(12-7-17-39-29(27)28)21-8-3-2-4-9-21/h2-6,8-11,13-16,18-19,24H,7,12,17H2,1H3,(H,36,38)(H2,33,34,37). The zero-order chi connectivity index (χ0) is 27.5. The van der Waals surface area contributed by atoms with E-state index in [2.05, 4.69) is 39.0 Å². The van der Waals surface area contributed by atoms with Gasteiger partial charge in [-0.2, -0.15) is 10.1 Å². The van der Waals surface area contributed by atoms with Crippen LogP contribution in [-0.2, 0) is 0 Å². The molecule has 0 bridgehead atoms. The molecule has 0 radical (unpaired) electrons. The number of aryl methyl sites for hydroxylation is 1. The topological polar surface area (TPSA) is 109 Å². The molecule has 3 N–H and O–H groups in total. The molecule has 5 aromatic rings. The molecule has 4 aromatic carbocycles. The maximum Gasteiger partial charge on any atom is 0.377 e. The van der Waals surface area contributed by atoms with Crippen LogP contribution >= 0.6 is 0 Å². The first-order valence-corrected chi connectivity index (χ1v) is 13.2. The number of carbonyl (C=O) groups is 1. The normalized spacial score (nSPS) is 14.5. The fourth-order valence-corrected chi connectivity index (χ4v) is 5.16. The maximum atomic E-state index is 13.2. The lowest BCUT2D eigenvalue weighted by Gasteiger charge is -2.22. The smallest absolute Gasteiger partial charge is 0.377 e. The SMILES string of the molecule is Cc1ccc(NC(=O)Nc2cc(-c3ccccc3-c3nc(=O)[nH]o3)cc3c2OCCCC3c2ccccc2)cc1. The lowest BCUT2D eigenvalue weighted by Crippen LogP contribution is -2.20. The molecule has 2 amide bonds. The van der Waals surface area contributed by atoms with Gasteiger partial charge in [0.1, 0.15) is 5.75 Å². The number of hydrogen-bond acceptors (Lipinski definition) is 5. The molecule has 8 nitrogen and oxygen atoms in total. The minimum atomic E-state index is -0.556. The van der Waals surface area contributed by atoms with Crippen molar-refractivity contribution in [2.24, 2.45) is 0 Å². The number of amides is 2. The van der Waals surface area contributed by atoms with Gasteiger partial charge in [0.25, 0.3) is 5.89 Å². The van der Waals surface area contributed by atoms with E-state index in [0.717, 1.165) is 35.1 Å². The summed E-state index contributed by atoms with van der Waals surface area (Å²) in [7, 11) is 0. The highest BCUT2D eigenvalue weighted by Crippen LogP contribution is 2.45. The van der Waals surface area contributed by atoms with Crippen molar-refractivity contribution in [3.8, 4) is 28.3 Å². The Balaban J connectivity index is 1.48. The fourth-order valence-electron chi connectivity index (χ4n) is 5.16. The second-order valence-electron chi connectivity index (χ2n) is 9.81. The van der Waals surface area contributed by atoms with Gasteiger partial charge in [-0.25, -0.2) is 9.59 Å². The molecule has 0 spiro atoms. The number of ether oxygens (including phenoxy) is 1. The van der Waals surface area contributed by atoms with E-state index in [-0.39, 0.29) is 17.8 Å². The Morgan fingerprint density at radius 2 is 1.68 bits per heavy atom. The molecule has 200 valence electrons. The summed E-state index contributed by atoms with van der Waals surface area (Å²) in [6, 6.07) is 29.1. The van der Waals surface area contributed by atoms with Crippen LogP contribution in [0.2, 0.25) is 0 Å². The Morgan fingerprint density at radius 3 is 2.42 bits per heavy atom. The lowest BCUT2D eigenvalue weighted by atomic mass is 9.85. The molecule has 1 aromatic heterocycles. The summed E-state index contributed by atoms with van der Waals surface area (Å²) in [5.74, 6) is 0.908. The molecule has 6 rings (SSSR count). The van der Waals surface area contributed by atoms with Crippen molar-refractivity contribution in [1.82, 2.24) is 10.1 Å². The number of H-pyrrole nitrogens is 1.